The summed E-state index contributed by atoms with van der Waals surface area (Å²) in [5, 5.41) is 0. The standard InChI is InChI=1S/C23H25F2N4O6S/c1-14-6-7-16(11-26-14)34-21-17(24)8-15(9-18(21)25)12-33-19-10-20-28(22(30)27-19)13-23(2,3)29(20,4)35-36(5,31)32/h6-11H,12-13H2,1-5H3/q+1. The van der Waals surface area contributed by atoms with E-state index in [1.54, 1.807) is 26.8 Å². The van der Waals surface area contributed by atoms with E-state index < -0.39 is 43.4 Å². The molecule has 192 valence electrons. The lowest BCUT2D eigenvalue weighted by atomic mass is 10.1. The van der Waals surface area contributed by atoms with E-state index in [0.29, 0.717) is 0 Å². The number of likely N-dealkylation sites (N-methyl/N-ethyl adjacent to an activating group) is 1. The normalized spacial score (nSPS) is 18.6. The van der Waals surface area contributed by atoms with Crippen LogP contribution in [0.15, 0.2) is 41.3 Å². The first-order valence-corrected chi connectivity index (χ1v) is 12.6. The number of halogens is 2. The molecule has 2 aromatic heterocycles. The van der Waals surface area contributed by atoms with E-state index in [1.807, 2.05) is 0 Å². The minimum Gasteiger partial charge on any atom is -0.472 e. The fourth-order valence-electron chi connectivity index (χ4n) is 3.87. The molecule has 0 saturated carbocycles. The van der Waals surface area contributed by atoms with E-state index in [9.17, 15) is 22.0 Å². The zero-order chi connectivity index (χ0) is 26.5. The van der Waals surface area contributed by atoms with Crippen molar-refractivity contribution < 1.29 is 31.0 Å². The molecule has 1 atom stereocenters. The van der Waals surface area contributed by atoms with Gasteiger partial charge in [-0.1, -0.05) is 4.28 Å². The summed E-state index contributed by atoms with van der Waals surface area (Å²) >= 11 is 0. The van der Waals surface area contributed by atoms with Crippen LogP contribution in [0.4, 0.5) is 14.6 Å². The summed E-state index contributed by atoms with van der Waals surface area (Å²) in [6.07, 6.45) is 2.27. The van der Waals surface area contributed by atoms with Gasteiger partial charge < -0.3 is 9.47 Å². The van der Waals surface area contributed by atoms with Crippen molar-refractivity contribution in [1.82, 2.24) is 19.2 Å². The molecule has 36 heavy (non-hydrogen) atoms. The van der Waals surface area contributed by atoms with Crippen molar-refractivity contribution in [3.63, 3.8) is 0 Å². The Morgan fingerprint density at radius 2 is 1.83 bits per heavy atom. The highest BCUT2D eigenvalue weighted by Crippen LogP contribution is 2.40. The third kappa shape index (κ3) is 4.94. The molecular formula is C23H25F2N4O6S+. The molecule has 13 heteroatoms. The third-order valence-corrected chi connectivity index (χ3v) is 6.51. The first-order valence-electron chi connectivity index (χ1n) is 10.8. The maximum atomic E-state index is 14.6. The zero-order valence-corrected chi connectivity index (χ0v) is 21.1. The first kappa shape index (κ1) is 25.7. The van der Waals surface area contributed by atoms with Crippen molar-refractivity contribution in [2.45, 2.75) is 39.5 Å². The summed E-state index contributed by atoms with van der Waals surface area (Å²) < 4.78 is 70.0. The van der Waals surface area contributed by atoms with Crippen LogP contribution in [0.25, 0.3) is 0 Å². The molecule has 0 bridgehead atoms. The van der Waals surface area contributed by atoms with E-state index in [-0.39, 0.29) is 36.2 Å². The molecule has 3 heterocycles. The Hall–Kier alpha value is -3.42. The van der Waals surface area contributed by atoms with E-state index in [1.165, 1.54) is 29.9 Å². The molecular weight excluding hydrogens is 498 g/mol. The van der Waals surface area contributed by atoms with Gasteiger partial charge in [-0.2, -0.15) is 13.4 Å². The van der Waals surface area contributed by atoms with Crippen LogP contribution in [0.5, 0.6) is 17.4 Å². The molecule has 0 amide bonds. The van der Waals surface area contributed by atoms with Crippen molar-refractivity contribution in [2.24, 2.45) is 0 Å². The van der Waals surface area contributed by atoms with Crippen LogP contribution in [-0.4, -0.2) is 41.8 Å². The molecule has 0 radical (unpaired) electrons. The number of pyridine rings is 1. The second kappa shape index (κ2) is 8.91. The smallest absolute Gasteiger partial charge is 0.355 e. The van der Waals surface area contributed by atoms with Gasteiger partial charge >= 0.3 is 15.8 Å². The van der Waals surface area contributed by atoms with Crippen LogP contribution >= 0.6 is 0 Å². The third-order valence-electron chi connectivity index (χ3n) is 5.94. The number of hydrogen-bond acceptors (Lipinski definition) is 8. The van der Waals surface area contributed by atoms with Crippen molar-refractivity contribution in [3.8, 4) is 17.4 Å². The Kier molecular flexibility index (Phi) is 6.35. The fourth-order valence-corrected chi connectivity index (χ4v) is 4.69. The predicted octanol–water partition coefficient (Wildman–Crippen LogP) is 3.22. The number of quaternary nitrogens is 1. The van der Waals surface area contributed by atoms with Gasteiger partial charge in [-0.15, -0.1) is 4.65 Å². The Morgan fingerprint density at radius 1 is 1.17 bits per heavy atom. The second-order valence-electron chi connectivity index (χ2n) is 9.25. The molecule has 0 N–H and O–H groups in total. The number of aryl methyl sites for hydroxylation is 1. The summed E-state index contributed by atoms with van der Waals surface area (Å²) in [6, 6.07) is 6.63. The van der Waals surface area contributed by atoms with Crippen LogP contribution in [0, 0.1) is 18.6 Å². The van der Waals surface area contributed by atoms with Gasteiger partial charge in [-0.25, -0.2) is 18.1 Å². The summed E-state index contributed by atoms with van der Waals surface area (Å²) in [6.45, 7) is 5.08. The molecule has 0 saturated heterocycles. The van der Waals surface area contributed by atoms with Gasteiger partial charge in [0.1, 0.15) is 24.9 Å². The summed E-state index contributed by atoms with van der Waals surface area (Å²) in [5.41, 5.74) is -0.667. The van der Waals surface area contributed by atoms with E-state index >= 15 is 0 Å². The van der Waals surface area contributed by atoms with Crippen LogP contribution in [-0.2, 0) is 27.6 Å². The molecule has 0 spiro atoms. The largest absolute Gasteiger partial charge is 0.472 e. The minimum absolute atomic E-state index is 0.117. The van der Waals surface area contributed by atoms with E-state index in [0.717, 1.165) is 24.1 Å². The maximum Gasteiger partial charge on any atom is 0.355 e. The van der Waals surface area contributed by atoms with Gasteiger partial charge in [0.2, 0.25) is 5.88 Å². The van der Waals surface area contributed by atoms with Gasteiger partial charge in [0.15, 0.2) is 17.4 Å². The lowest BCUT2D eigenvalue weighted by Gasteiger charge is -2.35. The quantitative estimate of drug-likeness (QED) is 0.435. The van der Waals surface area contributed by atoms with Gasteiger partial charge in [-0.05, 0) is 50.6 Å². The number of nitrogens with zero attached hydrogens (tertiary/aromatic N) is 4. The highest BCUT2D eigenvalue weighted by atomic mass is 32.2. The predicted molar refractivity (Wildman–Crippen MR) is 126 cm³/mol. The van der Waals surface area contributed by atoms with Crippen molar-refractivity contribution in [1.29, 1.82) is 0 Å². The molecule has 1 aliphatic rings. The lowest BCUT2D eigenvalue weighted by molar-refractivity contribution is -0.0804. The SMILES string of the molecule is Cc1ccc(Oc2c(F)cc(COc3cc4n(c(=O)n3)CC(C)(C)[N+]4(C)OS(C)(=O)=O)cc2F)cn1. The van der Waals surface area contributed by atoms with Gasteiger partial charge in [0.05, 0.1) is 25.1 Å². The molecule has 0 aliphatic carbocycles. The highest BCUT2D eigenvalue weighted by molar-refractivity contribution is 7.85. The minimum atomic E-state index is -3.90. The Morgan fingerprint density at radius 3 is 2.42 bits per heavy atom. The van der Waals surface area contributed by atoms with E-state index in [4.69, 9.17) is 13.8 Å². The Labute approximate surface area is 206 Å². The Balaban J connectivity index is 1.58. The average molecular weight is 524 g/mol. The number of hydrogen-bond donors (Lipinski definition) is 0. The average Bonchev–Trinajstić information content (AvgIpc) is 2.95. The molecule has 3 aromatic rings. The molecule has 0 fully saturated rings. The zero-order valence-electron chi connectivity index (χ0n) is 20.3. The second-order valence-corrected chi connectivity index (χ2v) is 10.8. The van der Waals surface area contributed by atoms with Crippen LogP contribution in [0.3, 0.4) is 0 Å². The molecule has 1 unspecified atom stereocenters. The Bertz CT molecular complexity index is 1470. The van der Waals surface area contributed by atoms with Crippen LogP contribution in [0.1, 0.15) is 25.1 Å². The summed E-state index contributed by atoms with van der Waals surface area (Å²) in [7, 11) is -2.39. The monoisotopic (exact) mass is 523 g/mol. The van der Waals surface area contributed by atoms with Crippen LogP contribution < -0.4 is 19.8 Å². The number of benzene rings is 1. The number of ether oxygens (including phenoxy) is 2. The van der Waals surface area contributed by atoms with Gasteiger partial charge in [-0.3, -0.25) is 4.98 Å². The molecule has 4 rings (SSSR count). The van der Waals surface area contributed by atoms with Crippen LogP contribution in [0.2, 0.25) is 0 Å². The first-order chi connectivity index (χ1) is 16.7. The molecule has 1 aromatic carbocycles. The number of aromatic nitrogens is 3. The maximum absolute atomic E-state index is 14.6. The lowest BCUT2D eigenvalue weighted by Crippen LogP contribution is -2.58. The van der Waals surface area contributed by atoms with Crippen molar-refractivity contribution in [2.75, 3.05) is 13.3 Å². The van der Waals surface area contributed by atoms with Crippen molar-refractivity contribution >= 4 is 15.9 Å². The van der Waals surface area contributed by atoms with Gasteiger partial charge in [0.25, 0.3) is 5.82 Å². The molecule has 1 aliphatic heterocycles. The summed E-state index contributed by atoms with van der Waals surface area (Å²) in [5.74, 6) is -2.28. The number of rotatable bonds is 7. The van der Waals surface area contributed by atoms with E-state index in [2.05, 4.69) is 9.97 Å². The van der Waals surface area contributed by atoms with Crippen molar-refractivity contribution in [3.05, 3.63) is 69.9 Å². The number of hydroxylamine groups is 2. The summed E-state index contributed by atoms with van der Waals surface area (Å²) in [4.78, 5) is 20.5. The van der Waals surface area contributed by atoms with Gasteiger partial charge in [0, 0.05) is 5.69 Å². The molecule has 10 nitrogen and oxygen atoms in total. The fraction of sp³-hybridized carbons (Fsp3) is 0.348. The number of fused-ring (bicyclic) bond motifs is 1. The highest BCUT2D eigenvalue weighted by Gasteiger charge is 2.56. The topological polar surface area (TPSA) is 110 Å².